The van der Waals surface area contributed by atoms with Crippen molar-refractivity contribution in [2.45, 2.75) is 37.1 Å². The number of hydrogen-bond acceptors (Lipinski definition) is 5. The van der Waals surface area contributed by atoms with Crippen LogP contribution in [0.15, 0.2) is 41.3 Å². The van der Waals surface area contributed by atoms with Crippen molar-refractivity contribution in [3.8, 4) is 5.75 Å². The van der Waals surface area contributed by atoms with Gasteiger partial charge in [-0.1, -0.05) is 36.7 Å². The fourth-order valence-corrected chi connectivity index (χ4v) is 6.04. The van der Waals surface area contributed by atoms with Gasteiger partial charge in [-0.2, -0.15) is 4.31 Å². The molecule has 0 radical (unpaired) electrons. The molecule has 0 spiro atoms. The van der Waals surface area contributed by atoms with E-state index in [-0.39, 0.29) is 40.6 Å². The van der Waals surface area contributed by atoms with Crippen LogP contribution in [0.2, 0.25) is 5.02 Å². The van der Waals surface area contributed by atoms with E-state index in [2.05, 4.69) is 10.6 Å². The molecule has 2 heterocycles. The smallest absolute Gasteiger partial charge is 0.262 e. The second-order valence-corrected chi connectivity index (χ2v) is 9.66. The Morgan fingerprint density at radius 2 is 2.10 bits per heavy atom. The van der Waals surface area contributed by atoms with Crippen LogP contribution in [0.1, 0.15) is 25.3 Å². The predicted molar refractivity (Wildman–Crippen MR) is 117 cm³/mol. The van der Waals surface area contributed by atoms with Crippen molar-refractivity contribution < 1.29 is 22.7 Å². The van der Waals surface area contributed by atoms with Crippen molar-refractivity contribution in [2.24, 2.45) is 0 Å². The summed E-state index contributed by atoms with van der Waals surface area (Å²) < 4.78 is 33.4. The molecule has 0 saturated carbocycles. The molecular formula is C21H22ClN3O5S. The number of rotatable bonds is 5. The minimum Gasteiger partial charge on any atom is -0.482 e. The third-order valence-corrected chi connectivity index (χ3v) is 7.79. The summed E-state index contributed by atoms with van der Waals surface area (Å²) in [6.07, 6.45) is 1.71. The van der Waals surface area contributed by atoms with E-state index >= 15 is 0 Å². The Kier molecular flexibility index (Phi) is 5.92. The second kappa shape index (κ2) is 8.49. The Morgan fingerprint density at radius 1 is 1.32 bits per heavy atom. The molecule has 2 N–H and O–H groups in total. The molecule has 2 aliphatic rings. The van der Waals surface area contributed by atoms with Gasteiger partial charge in [0.05, 0.1) is 10.7 Å². The highest BCUT2D eigenvalue weighted by atomic mass is 35.5. The van der Waals surface area contributed by atoms with E-state index in [0.717, 1.165) is 12.0 Å². The van der Waals surface area contributed by atoms with Gasteiger partial charge in [0.2, 0.25) is 15.9 Å². The monoisotopic (exact) mass is 463 g/mol. The number of sulfonamides is 1. The first-order chi connectivity index (χ1) is 14.8. The molecule has 164 valence electrons. The minimum atomic E-state index is -4.07. The van der Waals surface area contributed by atoms with E-state index in [0.29, 0.717) is 24.2 Å². The molecule has 2 aromatic carbocycles. The van der Waals surface area contributed by atoms with E-state index in [4.69, 9.17) is 16.3 Å². The van der Waals surface area contributed by atoms with E-state index in [1.165, 1.54) is 16.4 Å². The maximum atomic E-state index is 13.4. The van der Waals surface area contributed by atoms with Crippen LogP contribution in [0.3, 0.4) is 0 Å². The van der Waals surface area contributed by atoms with Gasteiger partial charge in [-0.05, 0) is 37.0 Å². The lowest BCUT2D eigenvalue weighted by Crippen LogP contribution is -2.43. The minimum absolute atomic E-state index is 0.0491. The van der Waals surface area contributed by atoms with Crippen LogP contribution in [0.5, 0.6) is 5.75 Å². The second-order valence-electron chi connectivity index (χ2n) is 7.39. The first-order valence-electron chi connectivity index (χ1n) is 9.98. The Morgan fingerprint density at radius 3 is 2.87 bits per heavy atom. The lowest BCUT2D eigenvalue weighted by atomic mass is 10.1. The highest BCUT2D eigenvalue weighted by Gasteiger charge is 2.41. The van der Waals surface area contributed by atoms with Crippen molar-refractivity contribution in [2.75, 3.05) is 23.8 Å². The molecule has 8 nitrogen and oxygen atoms in total. The number of benzene rings is 2. The number of halogens is 1. The number of anilines is 2. The van der Waals surface area contributed by atoms with Gasteiger partial charge in [-0.3, -0.25) is 9.59 Å². The summed E-state index contributed by atoms with van der Waals surface area (Å²) in [5, 5.41) is 5.42. The predicted octanol–water partition coefficient (Wildman–Crippen LogP) is 3.03. The molecular weight excluding hydrogens is 442 g/mol. The molecule has 31 heavy (non-hydrogen) atoms. The average Bonchev–Trinajstić information content (AvgIpc) is 3.24. The van der Waals surface area contributed by atoms with Crippen LogP contribution in [0.4, 0.5) is 11.4 Å². The summed E-state index contributed by atoms with van der Waals surface area (Å²) in [7, 11) is -4.07. The summed E-state index contributed by atoms with van der Waals surface area (Å²) in [5.74, 6) is -0.498. The van der Waals surface area contributed by atoms with Crippen molar-refractivity contribution in [1.29, 1.82) is 0 Å². The molecule has 2 aromatic rings. The maximum Gasteiger partial charge on any atom is 0.262 e. The number of amides is 2. The average molecular weight is 464 g/mol. The zero-order valence-corrected chi connectivity index (χ0v) is 18.4. The quantitative estimate of drug-likeness (QED) is 0.709. The van der Waals surface area contributed by atoms with Crippen molar-refractivity contribution in [1.82, 2.24) is 4.31 Å². The lowest BCUT2D eigenvalue weighted by molar-refractivity contribution is -0.119. The number of nitrogens with zero attached hydrogens (tertiary/aromatic N) is 1. The van der Waals surface area contributed by atoms with Crippen molar-refractivity contribution >= 4 is 44.8 Å². The third kappa shape index (κ3) is 4.13. The normalized spacial score (nSPS) is 18.8. The fourth-order valence-electron chi connectivity index (χ4n) is 3.86. The Labute approximate surface area is 185 Å². The molecule has 2 aliphatic heterocycles. The molecule has 0 aromatic heterocycles. The first kappa shape index (κ1) is 21.6. The maximum absolute atomic E-state index is 13.4. The van der Waals surface area contributed by atoms with E-state index in [1.807, 2.05) is 25.1 Å². The number of carbonyl (C=O) groups is 2. The molecule has 2 amide bonds. The number of carbonyl (C=O) groups excluding carboxylic acids is 2. The number of ether oxygens (including phenoxy) is 1. The molecule has 1 atom stereocenters. The molecule has 0 bridgehead atoms. The largest absolute Gasteiger partial charge is 0.482 e. The molecule has 1 saturated heterocycles. The first-order valence-corrected chi connectivity index (χ1v) is 11.8. The number of nitrogens with one attached hydrogen (secondary N) is 2. The van der Waals surface area contributed by atoms with Crippen LogP contribution in [0.25, 0.3) is 0 Å². The summed E-state index contributed by atoms with van der Waals surface area (Å²) in [6.45, 7) is 1.99. The molecule has 4 rings (SSSR count). The summed E-state index contributed by atoms with van der Waals surface area (Å²) >= 11 is 6.26. The van der Waals surface area contributed by atoms with E-state index in [1.54, 1.807) is 6.07 Å². The van der Waals surface area contributed by atoms with Gasteiger partial charge in [0.1, 0.15) is 16.7 Å². The molecule has 1 fully saturated rings. The van der Waals surface area contributed by atoms with Crippen LogP contribution >= 0.6 is 11.6 Å². The van der Waals surface area contributed by atoms with Gasteiger partial charge in [-0.15, -0.1) is 0 Å². The van der Waals surface area contributed by atoms with E-state index in [9.17, 15) is 18.0 Å². The molecule has 1 unspecified atom stereocenters. The SMILES string of the molecule is CCc1ccccc1NC(=O)C1CCCN1S(=O)(=O)c1cc2c(cc1Cl)NC(=O)CO2. The van der Waals surface area contributed by atoms with Crippen LogP contribution < -0.4 is 15.4 Å². The summed E-state index contributed by atoms with van der Waals surface area (Å²) in [6, 6.07) is 9.24. The van der Waals surface area contributed by atoms with Gasteiger partial charge >= 0.3 is 0 Å². The fraction of sp³-hybridized carbons (Fsp3) is 0.333. The van der Waals surface area contributed by atoms with Crippen molar-refractivity contribution in [3.05, 3.63) is 47.0 Å². The number of hydrogen-bond donors (Lipinski definition) is 2. The van der Waals surface area contributed by atoms with Gasteiger partial charge in [-0.25, -0.2) is 8.42 Å². The van der Waals surface area contributed by atoms with Crippen molar-refractivity contribution in [3.63, 3.8) is 0 Å². The molecule has 10 heteroatoms. The Bertz CT molecular complexity index is 1150. The highest BCUT2D eigenvalue weighted by molar-refractivity contribution is 7.89. The highest BCUT2D eigenvalue weighted by Crippen LogP contribution is 2.38. The summed E-state index contributed by atoms with van der Waals surface area (Å²) in [5.41, 5.74) is 1.96. The van der Waals surface area contributed by atoms with Gasteiger partial charge in [0, 0.05) is 18.3 Å². The number of aryl methyl sites for hydroxylation is 1. The van der Waals surface area contributed by atoms with Gasteiger partial charge in [0.15, 0.2) is 6.61 Å². The topological polar surface area (TPSA) is 105 Å². The van der Waals surface area contributed by atoms with Gasteiger partial charge in [0.25, 0.3) is 5.91 Å². The van der Waals surface area contributed by atoms with Crippen LogP contribution in [-0.2, 0) is 26.0 Å². The summed E-state index contributed by atoms with van der Waals surface area (Å²) in [4.78, 5) is 24.3. The number of para-hydroxylation sites is 1. The van der Waals surface area contributed by atoms with Crippen LogP contribution in [0, 0.1) is 0 Å². The zero-order valence-electron chi connectivity index (χ0n) is 16.9. The van der Waals surface area contributed by atoms with Gasteiger partial charge < -0.3 is 15.4 Å². The Hall–Kier alpha value is -2.62. The molecule has 0 aliphatic carbocycles. The zero-order chi connectivity index (χ0) is 22.2. The lowest BCUT2D eigenvalue weighted by Gasteiger charge is -2.25. The standard InChI is InChI=1S/C21H22ClN3O5S/c1-2-13-6-3-4-7-15(13)24-21(27)17-8-5-9-25(17)31(28,29)19-11-18-16(10-14(19)22)23-20(26)12-30-18/h3-4,6-7,10-11,17H,2,5,8-9,12H2,1H3,(H,23,26)(H,24,27). The third-order valence-electron chi connectivity index (χ3n) is 5.42. The Balaban J connectivity index is 1.62. The van der Waals surface area contributed by atoms with E-state index < -0.39 is 16.1 Å². The number of fused-ring (bicyclic) bond motifs is 1. The van der Waals surface area contributed by atoms with Crippen LogP contribution in [-0.4, -0.2) is 43.7 Å².